The maximum absolute atomic E-state index is 13.5. The Bertz CT molecular complexity index is 1210. The molecule has 0 radical (unpaired) electrons. The predicted molar refractivity (Wildman–Crippen MR) is 124 cm³/mol. The summed E-state index contributed by atoms with van der Waals surface area (Å²) in [6.07, 6.45) is -6.91. The second-order valence-corrected chi connectivity index (χ2v) is 8.46. The number of carbonyl (C=O) groups is 2. The fourth-order valence-electron chi connectivity index (χ4n) is 4.32. The van der Waals surface area contributed by atoms with Crippen LogP contribution in [0.25, 0.3) is 0 Å². The highest BCUT2D eigenvalue weighted by Crippen LogP contribution is 2.40. The summed E-state index contributed by atoms with van der Waals surface area (Å²) in [4.78, 5) is 25.6. The molecule has 1 aliphatic carbocycles. The molecule has 0 aliphatic heterocycles. The van der Waals surface area contributed by atoms with Crippen molar-refractivity contribution in [3.05, 3.63) is 70.8 Å². The lowest BCUT2D eigenvalue weighted by atomic mass is 9.85. The van der Waals surface area contributed by atoms with Gasteiger partial charge < -0.3 is 19.5 Å². The van der Waals surface area contributed by atoms with Crippen molar-refractivity contribution in [3.8, 4) is 11.5 Å². The molecule has 3 rings (SSSR count). The van der Waals surface area contributed by atoms with Crippen molar-refractivity contribution in [2.75, 3.05) is 20.8 Å². The van der Waals surface area contributed by atoms with E-state index >= 15 is 0 Å². The van der Waals surface area contributed by atoms with E-state index in [2.05, 4.69) is 5.32 Å². The molecule has 206 valence electrons. The molecule has 6 nitrogen and oxygen atoms in total. The third kappa shape index (κ3) is 6.40. The first kappa shape index (κ1) is 28.9. The number of amides is 1. The molecule has 0 saturated carbocycles. The lowest BCUT2D eigenvalue weighted by Gasteiger charge is -2.23. The molecule has 0 fully saturated rings. The van der Waals surface area contributed by atoms with E-state index < -0.39 is 58.8 Å². The average Bonchev–Trinajstić information content (AvgIpc) is 3.30. The van der Waals surface area contributed by atoms with E-state index in [1.807, 2.05) is 0 Å². The summed E-state index contributed by atoms with van der Waals surface area (Å²) in [5.74, 6) is -2.28. The largest absolute Gasteiger partial charge is 0.493 e. The fourth-order valence-corrected chi connectivity index (χ4v) is 4.32. The van der Waals surface area contributed by atoms with Crippen molar-refractivity contribution in [1.29, 1.82) is 0 Å². The molecule has 0 unspecified atom stereocenters. The molecule has 0 spiro atoms. The van der Waals surface area contributed by atoms with Crippen LogP contribution in [0.3, 0.4) is 0 Å². The molecule has 0 bridgehead atoms. The SMILES string of the molecule is CCOC(=O)[C@H](c1ccc(OC)c(OC)c1)[C@@H]1C=C[C@@H](NC(=O)c2ccc(C(F)(F)F)cc2C(F)(F)F)C1. The predicted octanol–water partition coefficient (Wildman–Crippen LogP) is 5.76. The van der Waals surface area contributed by atoms with Crippen molar-refractivity contribution >= 4 is 11.9 Å². The Kier molecular flexibility index (Phi) is 8.63. The van der Waals surface area contributed by atoms with Gasteiger partial charge in [-0.25, -0.2) is 0 Å². The summed E-state index contributed by atoms with van der Waals surface area (Å²) < 4.78 is 95.1. The summed E-state index contributed by atoms with van der Waals surface area (Å²) >= 11 is 0. The molecular weight excluding hydrogens is 520 g/mol. The van der Waals surface area contributed by atoms with E-state index in [9.17, 15) is 35.9 Å². The molecule has 38 heavy (non-hydrogen) atoms. The van der Waals surface area contributed by atoms with Crippen LogP contribution >= 0.6 is 0 Å². The molecule has 1 amide bonds. The molecule has 12 heteroatoms. The van der Waals surface area contributed by atoms with E-state index in [1.54, 1.807) is 31.2 Å². The first-order chi connectivity index (χ1) is 17.8. The van der Waals surface area contributed by atoms with Gasteiger partial charge in [-0.15, -0.1) is 0 Å². The van der Waals surface area contributed by atoms with E-state index in [0.29, 0.717) is 29.2 Å². The third-order valence-corrected chi connectivity index (χ3v) is 6.07. The van der Waals surface area contributed by atoms with Crippen molar-refractivity contribution in [2.45, 2.75) is 37.7 Å². The molecule has 0 heterocycles. The second kappa shape index (κ2) is 11.4. The number of rotatable bonds is 8. The summed E-state index contributed by atoms with van der Waals surface area (Å²) in [5, 5.41) is 2.41. The van der Waals surface area contributed by atoms with Crippen molar-refractivity contribution in [3.63, 3.8) is 0 Å². The van der Waals surface area contributed by atoms with Gasteiger partial charge in [-0.1, -0.05) is 18.2 Å². The average molecular weight is 545 g/mol. The normalized spacial score (nSPS) is 18.1. The minimum Gasteiger partial charge on any atom is -0.493 e. The topological polar surface area (TPSA) is 73.9 Å². The van der Waals surface area contributed by atoms with Crippen LogP contribution in [0.15, 0.2) is 48.6 Å². The molecule has 3 atom stereocenters. The Morgan fingerprint density at radius 3 is 2.21 bits per heavy atom. The van der Waals surface area contributed by atoms with Gasteiger partial charge in [0.05, 0.1) is 43.4 Å². The Balaban J connectivity index is 1.84. The molecule has 0 saturated heterocycles. The number of esters is 1. The number of carbonyl (C=O) groups excluding carboxylic acids is 2. The number of benzene rings is 2. The minimum absolute atomic E-state index is 0.0872. The number of methoxy groups -OCH3 is 2. The summed E-state index contributed by atoms with van der Waals surface area (Å²) in [6.45, 7) is 1.74. The maximum atomic E-state index is 13.5. The molecular formula is C26H25F6NO5. The highest BCUT2D eigenvalue weighted by atomic mass is 19.4. The Morgan fingerprint density at radius 1 is 0.947 bits per heavy atom. The zero-order chi connectivity index (χ0) is 28.3. The highest BCUT2D eigenvalue weighted by molar-refractivity contribution is 5.96. The number of nitrogens with one attached hydrogen (secondary N) is 1. The van der Waals surface area contributed by atoms with Crippen molar-refractivity contribution < 1.29 is 50.1 Å². The summed E-state index contributed by atoms with van der Waals surface area (Å²) in [7, 11) is 2.88. The van der Waals surface area contributed by atoms with Gasteiger partial charge in [0, 0.05) is 6.04 Å². The van der Waals surface area contributed by atoms with E-state index in [1.165, 1.54) is 20.3 Å². The summed E-state index contributed by atoms with van der Waals surface area (Å²) in [6, 6.07) is 4.93. The monoisotopic (exact) mass is 545 g/mol. The summed E-state index contributed by atoms with van der Waals surface area (Å²) in [5.41, 5.74) is -3.62. The maximum Gasteiger partial charge on any atom is 0.417 e. The molecule has 0 aromatic heterocycles. The lowest BCUT2D eigenvalue weighted by Crippen LogP contribution is -2.35. The van der Waals surface area contributed by atoms with E-state index in [4.69, 9.17) is 14.2 Å². The van der Waals surface area contributed by atoms with Crippen molar-refractivity contribution in [2.24, 2.45) is 5.92 Å². The van der Waals surface area contributed by atoms with Gasteiger partial charge in [-0.2, -0.15) is 26.3 Å². The molecule has 2 aromatic rings. The van der Waals surface area contributed by atoms with Crippen molar-refractivity contribution in [1.82, 2.24) is 5.32 Å². The van der Waals surface area contributed by atoms with Crippen LogP contribution in [-0.4, -0.2) is 38.7 Å². The van der Waals surface area contributed by atoms with Crippen LogP contribution in [0.4, 0.5) is 26.3 Å². The van der Waals surface area contributed by atoms with Crippen LogP contribution in [0.1, 0.15) is 46.3 Å². The van der Waals surface area contributed by atoms with Crippen LogP contribution in [0.2, 0.25) is 0 Å². The molecule has 1 N–H and O–H groups in total. The highest BCUT2D eigenvalue weighted by Gasteiger charge is 2.40. The van der Waals surface area contributed by atoms with Gasteiger partial charge in [0.1, 0.15) is 0 Å². The Hall–Kier alpha value is -3.70. The van der Waals surface area contributed by atoms with E-state index in [-0.39, 0.29) is 19.1 Å². The Morgan fingerprint density at radius 2 is 1.63 bits per heavy atom. The zero-order valence-electron chi connectivity index (χ0n) is 20.6. The number of ether oxygens (including phenoxy) is 3. The van der Waals surface area contributed by atoms with Gasteiger partial charge in [-0.05, 0) is 55.2 Å². The number of alkyl halides is 6. The number of hydrogen-bond acceptors (Lipinski definition) is 5. The van der Waals surface area contributed by atoms with E-state index in [0.717, 1.165) is 0 Å². The first-order valence-electron chi connectivity index (χ1n) is 11.5. The van der Waals surface area contributed by atoms with Gasteiger partial charge in [0.25, 0.3) is 5.91 Å². The quantitative estimate of drug-likeness (QED) is 0.259. The second-order valence-electron chi connectivity index (χ2n) is 8.46. The fraction of sp³-hybridized carbons (Fsp3) is 0.385. The van der Waals surface area contributed by atoms with Crippen LogP contribution < -0.4 is 14.8 Å². The number of halogens is 6. The minimum atomic E-state index is -5.19. The third-order valence-electron chi connectivity index (χ3n) is 6.07. The number of hydrogen-bond donors (Lipinski definition) is 1. The molecule has 2 aromatic carbocycles. The standard InChI is InChI=1S/C26H25F6NO5/c1-4-38-24(35)22(15-6-10-20(36-2)21(12-15)37-3)14-5-8-17(11-14)33-23(34)18-9-7-16(25(27,28)29)13-19(18)26(30,31)32/h5-10,12-14,17,22H,4,11H2,1-3H3,(H,33,34)/t14-,17-,22+/m1/s1. The van der Waals surface area contributed by atoms with Crippen LogP contribution in [-0.2, 0) is 21.9 Å². The van der Waals surface area contributed by atoms with Gasteiger partial charge in [0.15, 0.2) is 11.5 Å². The van der Waals surface area contributed by atoms with Crippen LogP contribution in [0.5, 0.6) is 11.5 Å². The van der Waals surface area contributed by atoms with Gasteiger partial charge in [0.2, 0.25) is 0 Å². The zero-order valence-corrected chi connectivity index (χ0v) is 20.6. The first-order valence-corrected chi connectivity index (χ1v) is 11.5. The van der Waals surface area contributed by atoms with Gasteiger partial charge >= 0.3 is 18.3 Å². The Labute approximate surface area is 214 Å². The molecule has 1 aliphatic rings. The van der Waals surface area contributed by atoms with Crippen LogP contribution in [0, 0.1) is 5.92 Å². The smallest absolute Gasteiger partial charge is 0.417 e. The number of allylic oxidation sites excluding steroid dienone is 1. The van der Waals surface area contributed by atoms with Gasteiger partial charge in [-0.3, -0.25) is 9.59 Å². The lowest BCUT2D eigenvalue weighted by molar-refractivity contribution is -0.146.